The van der Waals surface area contributed by atoms with E-state index in [0.29, 0.717) is 19.6 Å². The van der Waals surface area contributed by atoms with Crippen molar-refractivity contribution in [3.8, 4) is 0 Å². The van der Waals surface area contributed by atoms with E-state index in [4.69, 9.17) is 4.74 Å². The molecule has 0 aliphatic carbocycles. The zero-order valence-electron chi connectivity index (χ0n) is 9.13. The maximum Gasteiger partial charge on any atom is 0.115 e. The Kier molecular flexibility index (Phi) is 2.80. The van der Waals surface area contributed by atoms with E-state index >= 15 is 0 Å². The van der Waals surface area contributed by atoms with Crippen LogP contribution in [-0.4, -0.2) is 42.4 Å². The molecule has 0 aromatic carbocycles. The number of alkyl halides is 1. The molecule has 82 valence electrons. The fraction of sp³-hybridized carbons (Fsp3) is 1.00. The summed E-state index contributed by atoms with van der Waals surface area (Å²) in [6.07, 6.45) is 2.62. The van der Waals surface area contributed by atoms with Gasteiger partial charge in [-0.2, -0.15) is 0 Å². The molecule has 0 aromatic heterocycles. The van der Waals surface area contributed by atoms with Gasteiger partial charge in [0.15, 0.2) is 0 Å². The molecule has 0 spiro atoms. The van der Waals surface area contributed by atoms with Crippen LogP contribution in [0.1, 0.15) is 33.1 Å². The normalized spacial score (nSPS) is 38.1. The molecule has 0 aromatic rings. The van der Waals surface area contributed by atoms with Crippen LogP contribution in [0.4, 0.5) is 4.39 Å². The Labute approximate surface area is 85.4 Å². The minimum Gasteiger partial charge on any atom is -0.377 e. The predicted octanol–water partition coefficient (Wildman–Crippen LogP) is 1.99. The molecule has 1 unspecified atom stereocenters. The summed E-state index contributed by atoms with van der Waals surface area (Å²) in [5.41, 5.74) is 0.0453. The summed E-state index contributed by atoms with van der Waals surface area (Å²) >= 11 is 0. The SMILES string of the molecule is CC(C)OC[C@@]12CCCN1CC(F)C2. The monoisotopic (exact) mass is 201 g/mol. The molecular weight excluding hydrogens is 181 g/mol. The minimum absolute atomic E-state index is 0.0453. The number of fused-ring (bicyclic) bond motifs is 1. The van der Waals surface area contributed by atoms with Crippen molar-refractivity contribution in [1.82, 2.24) is 4.90 Å². The molecule has 0 saturated carbocycles. The molecule has 2 aliphatic rings. The quantitative estimate of drug-likeness (QED) is 0.692. The van der Waals surface area contributed by atoms with Crippen molar-refractivity contribution in [3.63, 3.8) is 0 Å². The highest BCUT2D eigenvalue weighted by atomic mass is 19.1. The van der Waals surface area contributed by atoms with E-state index in [0.717, 1.165) is 13.0 Å². The van der Waals surface area contributed by atoms with Crippen molar-refractivity contribution in [1.29, 1.82) is 0 Å². The first kappa shape index (κ1) is 10.4. The van der Waals surface area contributed by atoms with Gasteiger partial charge in [-0.25, -0.2) is 4.39 Å². The van der Waals surface area contributed by atoms with Crippen LogP contribution in [-0.2, 0) is 4.74 Å². The molecule has 0 bridgehead atoms. The molecule has 2 nitrogen and oxygen atoms in total. The number of nitrogens with zero attached hydrogens (tertiary/aromatic N) is 1. The van der Waals surface area contributed by atoms with E-state index in [1.165, 1.54) is 6.42 Å². The molecule has 2 heterocycles. The van der Waals surface area contributed by atoms with E-state index in [1.54, 1.807) is 0 Å². The number of rotatable bonds is 3. The summed E-state index contributed by atoms with van der Waals surface area (Å²) in [5.74, 6) is 0. The van der Waals surface area contributed by atoms with Crippen molar-refractivity contribution in [3.05, 3.63) is 0 Å². The van der Waals surface area contributed by atoms with Crippen LogP contribution in [0, 0.1) is 0 Å². The highest BCUT2D eigenvalue weighted by Crippen LogP contribution is 2.40. The largest absolute Gasteiger partial charge is 0.377 e. The minimum atomic E-state index is -0.633. The van der Waals surface area contributed by atoms with Crippen LogP contribution in [0.3, 0.4) is 0 Å². The van der Waals surface area contributed by atoms with Gasteiger partial charge in [-0.1, -0.05) is 0 Å². The van der Waals surface area contributed by atoms with Crippen LogP contribution in [0.5, 0.6) is 0 Å². The molecule has 2 atom stereocenters. The Hall–Kier alpha value is -0.150. The second kappa shape index (κ2) is 3.78. The summed E-state index contributed by atoms with van der Waals surface area (Å²) in [5, 5.41) is 0. The summed E-state index contributed by atoms with van der Waals surface area (Å²) in [6.45, 7) is 6.48. The van der Waals surface area contributed by atoms with Crippen molar-refractivity contribution in [2.75, 3.05) is 19.7 Å². The van der Waals surface area contributed by atoms with Gasteiger partial charge in [0.1, 0.15) is 6.17 Å². The van der Waals surface area contributed by atoms with Crippen molar-refractivity contribution >= 4 is 0 Å². The molecule has 3 heteroatoms. The average molecular weight is 201 g/mol. The maximum atomic E-state index is 13.3. The molecule has 2 aliphatic heterocycles. The summed E-state index contributed by atoms with van der Waals surface area (Å²) in [7, 11) is 0. The Morgan fingerprint density at radius 2 is 2.36 bits per heavy atom. The lowest BCUT2D eigenvalue weighted by atomic mass is 9.95. The van der Waals surface area contributed by atoms with Gasteiger partial charge in [0.25, 0.3) is 0 Å². The van der Waals surface area contributed by atoms with E-state index in [-0.39, 0.29) is 11.6 Å². The Morgan fingerprint density at radius 3 is 3.07 bits per heavy atom. The standard InChI is InChI=1S/C11H20FNO/c1-9(2)14-8-11-4-3-5-13(11)7-10(12)6-11/h9-10H,3-8H2,1-2H3/t10?,11-/m0/s1. The first-order valence-corrected chi connectivity index (χ1v) is 5.63. The van der Waals surface area contributed by atoms with Gasteiger partial charge >= 0.3 is 0 Å². The first-order valence-electron chi connectivity index (χ1n) is 5.63. The zero-order valence-corrected chi connectivity index (χ0v) is 9.13. The number of halogens is 1. The van der Waals surface area contributed by atoms with Crippen LogP contribution < -0.4 is 0 Å². The molecule has 14 heavy (non-hydrogen) atoms. The maximum absolute atomic E-state index is 13.3. The smallest absolute Gasteiger partial charge is 0.115 e. The van der Waals surface area contributed by atoms with E-state index in [9.17, 15) is 4.39 Å². The number of ether oxygens (including phenoxy) is 1. The highest BCUT2D eigenvalue weighted by molar-refractivity contribution is 5.03. The van der Waals surface area contributed by atoms with E-state index in [2.05, 4.69) is 4.90 Å². The van der Waals surface area contributed by atoms with Crippen molar-refractivity contribution < 1.29 is 9.13 Å². The lowest BCUT2D eigenvalue weighted by Gasteiger charge is -2.32. The molecule has 2 saturated heterocycles. The second-order valence-corrected chi connectivity index (χ2v) is 4.94. The predicted molar refractivity (Wildman–Crippen MR) is 54.1 cm³/mol. The Morgan fingerprint density at radius 1 is 1.57 bits per heavy atom. The fourth-order valence-electron chi connectivity index (χ4n) is 2.77. The van der Waals surface area contributed by atoms with Crippen molar-refractivity contribution in [2.45, 2.75) is 50.9 Å². The third-order valence-electron chi connectivity index (χ3n) is 3.45. The lowest BCUT2D eigenvalue weighted by molar-refractivity contribution is 0.00276. The molecule has 0 N–H and O–H groups in total. The fourth-order valence-corrected chi connectivity index (χ4v) is 2.77. The van der Waals surface area contributed by atoms with E-state index < -0.39 is 6.17 Å². The second-order valence-electron chi connectivity index (χ2n) is 4.94. The van der Waals surface area contributed by atoms with Gasteiger partial charge in [-0.15, -0.1) is 0 Å². The highest BCUT2D eigenvalue weighted by Gasteiger charge is 2.48. The number of hydrogen-bond donors (Lipinski definition) is 0. The summed E-state index contributed by atoms with van der Waals surface area (Å²) in [6, 6.07) is 0. The van der Waals surface area contributed by atoms with Gasteiger partial charge in [-0.05, 0) is 33.2 Å². The van der Waals surface area contributed by atoms with Gasteiger partial charge in [0.2, 0.25) is 0 Å². The van der Waals surface area contributed by atoms with Crippen LogP contribution in [0.25, 0.3) is 0 Å². The van der Waals surface area contributed by atoms with Gasteiger partial charge < -0.3 is 4.74 Å². The summed E-state index contributed by atoms with van der Waals surface area (Å²) in [4.78, 5) is 2.29. The van der Waals surface area contributed by atoms with Crippen molar-refractivity contribution in [2.24, 2.45) is 0 Å². The first-order chi connectivity index (χ1) is 6.62. The van der Waals surface area contributed by atoms with Crippen LogP contribution >= 0.6 is 0 Å². The molecule has 0 radical (unpaired) electrons. The third kappa shape index (κ3) is 1.80. The summed E-state index contributed by atoms with van der Waals surface area (Å²) < 4.78 is 19.0. The molecule has 2 rings (SSSR count). The Balaban J connectivity index is 1.98. The number of hydrogen-bond acceptors (Lipinski definition) is 2. The topological polar surface area (TPSA) is 12.5 Å². The molecule has 0 amide bonds. The molecule has 2 fully saturated rings. The molecular formula is C11H20FNO. The Bertz CT molecular complexity index is 209. The van der Waals surface area contributed by atoms with Gasteiger partial charge in [0, 0.05) is 18.5 Å². The zero-order chi connectivity index (χ0) is 10.2. The van der Waals surface area contributed by atoms with Crippen LogP contribution in [0.15, 0.2) is 0 Å². The van der Waals surface area contributed by atoms with Crippen LogP contribution in [0.2, 0.25) is 0 Å². The van der Waals surface area contributed by atoms with E-state index in [1.807, 2.05) is 13.8 Å². The van der Waals surface area contributed by atoms with Gasteiger partial charge in [-0.3, -0.25) is 4.90 Å². The lowest BCUT2D eigenvalue weighted by Crippen LogP contribution is -2.43. The van der Waals surface area contributed by atoms with Gasteiger partial charge in [0.05, 0.1) is 12.7 Å². The average Bonchev–Trinajstić information content (AvgIpc) is 2.56. The third-order valence-corrected chi connectivity index (χ3v) is 3.45.